The highest BCUT2D eigenvalue weighted by Gasteiger charge is 2.08. The minimum Gasteiger partial charge on any atom is -0.508 e. The standard InChI is InChI=1S/C15H12O2/c1-2-11-3-5-12(6-4-11)15(17)13-7-9-14(16)10-8-13/h2-10,16H,1H2. The van der Waals surface area contributed by atoms with Crippen molar-refractivity contribution < 1.29 is 9.90 Å². The Bertz CT molecular complexity index is 536. The molecule has 2 heteroatoms. The van der Waals surface area contributed by atoms with Gasteiger partial charge in [0.15, 0.2) is 5.78 Å². The predicted octanol–water partition coefficient (Wildman–Crippen LogP) is 3.27. The molecule has 2 aromatic carbocycles. The van der Waals surface area contributed by atoms with E-state index in [1.807, 2.05) is 12.1 Å². The van der Waals surface area contributed by atoms with Crippen LogP contribution in [0.2, 0.25) is 0 Å². The minimum atomic E-state index is -0.0550. The number of hydrogen-bond acceptors (Lipinski definition) is 2. The lowest BCUT2D eigenvalue weighted by molar-refractivity contribution is 0.103. The SMILES string of the molecule is C=Cc1ccc(C(=O)c2ccc(O)cc2)cc1. The zero-order valence-corrected chi connectivity index (χ0v) is 9.26. The summed E-state index contributed by atoms with van der Waals surface area (Å²) in [6.45, 7) is 3.66. The molecular formula is C15H12O2. The van der Waals surface area contributed by atoms with Crippen molar-refractivity contribution >= 4 is 11.9 Å². The molecule has 2 nitrogen and oxygen atoms in total. The first-order valence-corrected chi connectivity index (χ1v) is 5.27. The Balaban J connectivity index is 2.30. The third-order valence-corrected chi connectivity index (χ3v) is 2.54. The van der Waals surface area contributed by atoms with E-state index in [0.717, 1.165) is 5.56 Å². The van der Waals surface area contributed by atoms with Crippen LogP contribution in [0.4, 0.5) is 0 Å². The molecule has 0 aliphatic heterocycles. The summed E-state index contributed by atoms with van der Waals surface area (Å²) in [7, 11) is 0. The van der Waals surface area contributed by atoms with E-state index in [1.54, 1.807) is 30.3 Å². The molecule has 0 bridgehead atoms. The highest BCUT2D eigenvalue weighted by Crippen LogP contribution is 2.14. The lowest BCUT2D eigenvalue weighted by Crippen LogP contribution is -2.00. The molecule has 2 aromatic rings. The lowest BCUT2D eigenvalue weighted by Gasteiger charge is -2.02. The molecule has 0 radical (unpaired) electrons. The molecule has 0 fully saturated rings. The van der Waals surface area contributed by atoms with Gasteiger partial charge in [0, 0.05) is 11.1 Å². The Labute approximate surface area is 99.8 Å². The molecule has 0 atom stereocenters. The van der Waals surface area contributed by atoms with E-state index < -0.39 is 0 Å². The van der Waals surface area contributed by atoms with Crippen LogP contribution in [-0.2, 0) is 0 Å². The smallest absolute Gasteiger partial charge is 0.193 e. The van der Waals surface area contributed by atoms with Crippen molar-refractivity contribution in [1.82, 2.24) is 0 Å². The quantitative estimate of drug-likeness (QED) is 0.812. The van der Waals surface area contributed by atoms with Crippen LogP contribution in [0.1, 0.15) is 21.5 Å². The Hall–Kier alpha value is -2.35. The summed E-state index contributed by atoms with van der Waals surface area (Å²) >= 11 is 0. The van der Waals surface area contributed by atoms with Crippen LogP contribution in [0.15, 0.2) is 55.1 Å². The number of ketones is 1. The van der Waals surface area contributed by atoms with Gasteiger partial charge in [0.1, 0.15) is 5.75 Å². The maximum Gasteiger partial charge on any atom is 0.193 e. The van der Waals surface area contributed by atoms with Gasteiger partial charge in [-0.1, -0.05) is 36.9 Å². The molecule has 0 spiro atoms. The fraction of sp³-hybridized carbons (Fsp3) is 0. The highest BCUT2D eigenvalue weighted by atomic mass is 16.3. The molecule has 2 rings (SSSR count). The first-order valence-electron chi connectivity index (χ1n) is 5.27. The van der Waals surface area contributed by atoms with E-state index in [1.165, 1.54) is 12.1 Å². The summed E-state index contributed by atoms with van der Waals surface area (Å²) in [6.07, 6.45) is 1.73. The summed E-state index contributed by atoms with van der Waals surface area (Å²) in [5.74, 6) is 0.101. The first-order chi connectivity index (χ1) is 8.20. The normalized spacial score (nSPS) is 9.88. The van der Waals surface area contributed by atoms with Crippen molar-refractivity contribution in [3.8, 4) is 5.75 Å². The van der Waals surface area contributed by atoms with E-state index in [9.17, 15) is 4.79 Å². The van der Waals surface area contributed by atoms with Crippen molar-refractivity contribution in [2.24, 2.45) is 0 Å². The van der Waals surface area contributed by atoms with Crippen molar-refractivity contribution in [1.29, 1.82) is 0 Å². The second kappa shape index (κ2) is 4.66. The largest absolute Gasteiger partial charge is 0.508 e. The molecule has 0 aliphatic carbocycles. The molecular weight excluding hydrogens is 212 g/mol. The Morgan fingerprint density at radius 1 is 0.941 bits per heavy atom. The summed E-state index contributed by atoms with van der Waals surface area (Å²) in [5, 5.41) is 9.15. The lowest BCUT2D eigenvalue weighted by atomic mass is 10.0. The molecule has 0 heterocycles. The number of phenols is 1. The number of carbonyl (C=O) groups is 1. The summed E-state index contributed by atoms with van der Waals surface area (Å²) in [5.41, 5.74) is 2.17. The maximum absolute atomic E-state index is 12.0. The molecule has 1 N–H and O–H groups in total. The van der Waals surface area contributed by atoms with Crippen LogP contribution in [0.3, 0.4) is 0 Å². The number of phenolic OH excluding ortho intramolecular Hbond substituents is 1. The van der Waals surface area contributed by atoms with E-state index in [2.05, 4.69) is 6.58 Å². The second-order valence-electron chi connectivity index (χ2n) is 3.70. The zero-order chi connectivity index (χ0) is 12.3. The molecule has 0 amide bonds. The number of carbonyl (C=O) groups excluding carboxylic acids is 1. The van der Waals surface area contributed by atoms with Crippen LogP contribution < -0.4 is 0 Å². The Kier molecular flexibility index (Phi) is 3.06. The van der Waals surface area contributed by atoms with Crippen LogP contribution in [0, 0.1) is 0 Å². The summed E-state index contributed by atoms with van der Waals surface area (Å²) in [6, 6.07) is 13.5. The predicted molar refractivity (Wildman–Crippen MR) is 68.1 cm³/mol. The van der Waals surface area contributed by atoms with Gasteiger partial charge in [-0.2, -0.15) is 0 Å². The van der Waals surface area contributed by atoms with Crippen molar-refractivity contribution in [2.75, 3.05) is 0 Å². The van der Waals surface area contributed by atoms with E-state index in [0.29, 0.717) is 11.1 Å². The van der Waals surface area contributed by atoms with Crippen LogP contribution in [-0.4, -0.2) is 10.9 Å². The second-order valence-corrected chi connectivity index (χ2v) is 3.70. The molecule has 0 aliphatic rings. The van der Waals surface area contributed by atoms with Crippen molar-refractivity contribution in [3.63, 3.8) is 0 Å². The van der Waals surface area contributed by atoms with Crippen molar-refractivity contribution in [3.05, 3.63) is 71.8 Å². The Morgan fingerprint density at radius 3 is 1.88 bits per heavy atom. The van der Waals surface area contributed by atoms with E-state index in [4.69, 9.17) is 5.11 Å². The van der Waals surface area contributed by atoms with E-state index in [-0.39, 0.29) is 11.5 Å². The monoisotopic (exact) mass is 224 g/mol. The zero-order valence-electron chi connectivity index (χ0n) is 9.26. The van der Waals surface area contributed by atoms with Gasteiger partial charge in [0.25, 0.3) is 0 Å². The van der Waals surface area contributed by atoms with Crippen LogP contribution in [0.25, 0.3) is 6.08 Å². The molecule has 0 unspecified atom stereocenters. The molecule has 0 aromatic heterocycles. The third kappa shape index (κ3) is 2.42. The van der Waals surface area contributed by atoms with Gasteiger partial charge in [-0.05, 0) is 29.8 Å². The average molecular weight is 224 g/mol. The van der Waals surface area contributed by atoms with E-state index >= 15 is 0 Å². The first kappa shape index (κ1) is 11.1. The summed E-state index contributed by atoms with van der Waals surface area (Å²) in [4.78, 5) is 12.0. The molecule has 0 saturated carbocycles. The fourth-order valence-electron chi connectivity index (χ4n) is 1.55. The van der Waals surface area contributed by atoms with Crippen molar-refractivity contribution in [2.45, 2.75) is 0 Å². The summed E-state index contributed by atoms with van der Waals surface area (Å²) < 4.78 is 0. The van der Waals surface area contributed by atoms with Gasteiger partial charge < -0.3 is 5.11 Å². The van der Waals surface area contributed by atoms with Gasteiger partial charge in [0.2, 0.25) is 0 Å². The average Bonchev–Trinajstić information content (AvgIpc) is 2.39. The highest BCUT2D eigenvalue weighted by molar-refractivity contribution is 6.09. The number of aromatic hydroxyl groups is 1. The maximum atomic E-state index is 12.0. The van der Waals surface area contributed by atoms with Gasteiger partial charge >= 0.3 is 0 Å². The van der Waals surface area contributed by atoms with Gasteiger partial charge in [-0.15, -0.1) is 0 Å². The number of hydrogen-bond donors (Lipinski definition) is 1. The molecule has 17 heavy (non-hydrogen) atoms. The number of benzene rings is 2. The Morgan fingerprint density at radius 2 is 1.41 bits per heavy atom. The fourth-order valence-corrected chi connectivity index (χ4v) is 1.55. The molecule has 84 valence electrons. The van der Waals surface area contributed by atoms with Gasteiger partial charge in [0.05, 0.1) is 0 Å². The minimum absolute atomic E-state index is 0.0550. The number of rotatable bonds is 3. The van der Waals surface area contributed by atoms with Gasteiger partial charge in [-0.25, -0.2) is 0 Å². The van der Waals surface area contributed by atoms with Gasteiger partial charge in [-0.3, -0.25) is 4.79 Å². The topological polar surface area (TPSA) is 37.3 Å². The van der Waals surface area contributed by atoms with Crippen LogP contribution in [0.5, 0.6) is 5.75 Å². The third-order valence-electron chi connectivity index (χ3n) is 2.54. The van der Waals surface area contributed by atoms with Crippen LogP contribution >= 0.6 is 0 Å². The molecule has 0 saturated heterocycles.